The minimum atomic E-state index is 0.483. The van der Waals surface area contributed by atoms with Crippen LogP contribution in [0, 0.1) is 0 Å². The molecule has 0 aliphatic heterocycles. The highest BCUT2D eigenvalue weighted by Gasteiger charge is 2.11. The molecule has 0 saturated carbocycles. The molecule has 0 N–H and O–H groups in total. The number of para-hydroxylation sites is 1. The molecule has 3 heteroatoms. The number of hydrogen-bond donors (Lipinski definition) is 0. The highest BCUT2D eigenvalue weighted by Crippen LogP contribution is 2.32. The van der Waals surface area contributed by atoms with Crippen molar-refractivity contribution in [3.05, 3.63) is 59.7 Å². The van der Waals surface area contributed by atoms with Crippen molar-refractivity contribution in [1.82, 2.24) is 0 Å². The van der Waals surface area contributed by atoms with E-state index < -0.39 is 0 Å². The van der Waals surface area contributed by atoms with Gasteiger partial charge in [-0.2, -0.15) is 0 Å². The first-order valence-corrected chi connectivity index (χ1v) is 7.20. The van der Waals surface area contributed by atoms with Gasteiger partial charge < -0.3 is 14.3 Å². The topological polar surface area (TPSA) is 35.5 Å². The Morgan fingerprint density at radius 1 is 1.00 bits per heavy atom. The van der Waals surface area contributed by atoms with Gasteiger partial charge >= 0.3 is 0 Å². The van der Waals surface area contributed by atoms with E-state index in [0.717, 1.165) is 28.9 Å². The predicted octanol–water partition coefficient (Wildman–Crippen LogP) is 3.80. The summed E-state index contributed by atoms with van der Waals surface area (Å²) in [5.41, 5.74) is 2.11. The van der Waals surface area contributed by atoms with Crippen LogP contribution in [0.5, 0.6) is 11.5 Å². The van der Waals surface area contributed by atoms with Crippen molar-refractivity contribution < 1.29 is 14.3 Å². The minimum absolute atomic E-state index is 0.483. The second-order valence-corrected chi connectivity index (χ2v) is 4.66. The maximum Gasteiger partial charge on any atom is 0.164 e. The summed E-state index contributed by atoms with van der Waals surface area (Å²) in [6, 6.07) is 15.8. The van der Waals surface area contributed by atoms with E-state index >= 15 is 0 Å². The number of carbonyl (C=O) groups is 1. The first-order valence-electron chi connectivity index (χ1n) is 7.20. The molecule has 0 unspecified atom stereocenters. The molecular formula is C18H20O3. The molecule has 0 amide bonds. The Hall–Kier alpha value is -2.29. The van der Waals surface area contributed by atoms with E-state index in [2.05, 4.69) is 0 Å². The van der Waals surface area contributed by atoms with Gasteiger partial charge in [0, 0.05) is 6.42 Å². The minimum Gasteiger partial charge on any atom is -0.490 e. The number of benzene rings is 2. The Bertz CT molecular complexity index is 564. The summed E-state index contributed by atoms with van der Waals surface area (Å²) in [6.07, 6.45) is 2.07. The second kappa shape index (κ2) is 8.10. The molecule has 0 aliphatic carbocycles. The van der Waals surface area contributed by atoms with Gasteiger partial charge in [0.2, 0.25) is 0 Å². The van der Waals surface area contributed by atoms with Gasteiger partial charge in [-0.3, -0.25) is 0 Å². The van der Waals surface area contributed by atoms with Gasteiger partial charge in [0.1, 0.15) is 12.9 Å². The smallest absolute Gasteiger partial charge is 0.164 e. The van der Waals surface area contributed by atoms with E-state index in [-0.39, 0.29) is 0 Å². The fourth-order valence-electron chi connectivity index (χ4n) is 2.14. The Balaban J connectivity index is 2.18. The van der Waals surface area contributed by atoms with Crippen LogP contribution in [-0.2, 0) is 17.8 Å². The fourth-order valence-corrected chi connectivity index (χ4v) is 2.14. The van der Waals surface area contributed by atoms with Crippen molar-refractivity contribution in [2.24, 2.45) is 0 Å². The molecule has 3 nitrogen and oxygen atoms in total. The van der Waals surface area contributed by atoms with Crippen molar-refractivity contribution >= 4 is 6.29 Å². The lowest BCUT2D eigenvalue weighted by atomic mass is 10.1. The summed E-state index contributed by atoms with van der Waals surface area (Å²) >= 11 is 0. The molecule has 0 saturated heterocycles. The first kappa shape index (κ1) is 15.1. The van der Waals surface area contributed by atoms with Crippen molar-refractivity contribution in [3.63, 3.8) is 0 Å². The number of carbonyl (C=O) groups excluding carboxylic acids is 1. The zero-order chi connectivity index (χ0) is 14.9. The molecule has 2 aromatic carbocycles. The van der Waals surface area contributed by atoms with Gasteiger partial charge in [0.05, 0.1) is 6.61 Å². The number of aldehydes is 1. The molecule has 0 bridgehead atoms. The summed E-state index contributed by atoms with van der Waals surface area (Å²) in [4.78, 5) is 10.6. The number of aryl methyl sites for hydroxylation is 1. The number of hydrogen-bond acceptors (Lipinski definition) is 3. The van der Waals surface area contributed by atoms with Gasteiger partial charge in [0.15, 0.2) is 11.5 Å². The maximum atomic E-state index is 10.6. The second-order valence-electron chi connectivity index (χ2n) is 4.66. The molecule has 0 heterocycles. The Labute approximate surface area is 125 Å². The van der Waals surface area contributed by atoms with Gasteiger partial charge in [-0.1, -0.05) is 42.5 Å². The molecule has 21 heavy (non-hydrogen) atoms. The van der Waals surface area contributed by atoms with Crippen LogP contribution in [-0.4, -0.2) is 12.9 Å². The Kier molecular flexibility index (Phi) is 5.83. The third-order valence-electron chi connectivity index (χ3n) is 3.12. The first-order chi connectivity index (χ1) is 10.3. The molecular weight excluding hydrogens is 264 g/mol. The molecule has 0 aromatic heterocycles. The Morgan fingerprint density at radius 2 is 1.81 bits per heavy atom. The lowest BCUT2D eigenvalue weighted by Crippen LogP contribution is -2.03. The zero-order valence-electron chi connectivity index (χ0n) is 12.2. The maximum absolute atomic E-state index is 10.6. The van der Waals surface area contributed by atoms with Crippen LogP contribution in [0.25, 0.3) is 0 Å². The van der Waals surface area contributed by atoms with Gasteiger partial charge in [-0.25, -0.2) is 0 Å². The Morgan fingerprint density at radius 3 is 2.52 bits per heavy atom. The van der Waals surface area contributed by atoms with Gasteiger partial charge in [-0.05, 0) is 30.5 Å². The van der Waals surface area contributed by atoms with E-state index in [0.29, 0.717) is 26.1 Å². The summed E-state index contributed by atoms with van der Waals surface area (Å²) in [7, 11) is 0. The zero-order valence-corrected chi connectivity index (χ0v) is 12.2. The molecule has 0 aliphatic rings. The van der Waals surface area contributed by atoms with E-state index in [1.54, 1.807) is 0 Å². The van der Waals surface area contributed by atoms with E-state index in [4.69, 9.17) is 9.47 Å². The summed E-state index contributed by atoms with van der Waals surface area (Å²) in [5.74, 6) is 1.47. The average molecular weight is 284 g/mol. The van der Waals surface area contributed by atoms with Crippen LogP contribution in [0.3, 0.4) is 0 Å². The van der Waals surface area contributed by atoms with E-state index in [9.17, 15) is 4.79 Å². The highest BCUT2D eigenvalue weighted by molar-refractivity contribution is 5.53. The third kappa shape index (κ3) is 4.35. The van der Waals surface area contributed by atoms with Crippen molar-refractivity contribution in [2.45, 2.75) is 26.4 Å². The van der Waals surface area contributed by atoms with Crippen LogP contribution in [0.2, 0.25) is 0 Å². The van der Waals surface area contributed by atoms with Crippen molar-refractivity contribution in [3.8, 4) is 11.5 Å². The number of ether oxygens (including phenoxy) is 2. The van der Waals surface area contributed by atoms with Gasteiger partial charge in [0.25, 0.3) is 0 Å². The quantitative estimate of drug-likeness (QED) is 0.692. The van der Waals surface area contributed by atoms with E-state index in [1.165, 1.54) is 0 Å². The van der Waals surface area contributed by atoms with Gasteiger partial charge in [-0.15, -0.1) is 0 Å². The van der Waals surface area contributed by atoms with E-state index in [1.807, 2.05) is 55.5 Å². The average Bonchev–Trinajstić information content (AvgIpc) is 2.53. The van der Waals surface area contributed by atoms with Crippen molar-refractivity contribution in [2.75, 3.05) is 6.61 Å². The number of rotatable bonds is 8. The van der Waals surface area contributed by atoms with Crippen LogP contribution >= 0.6 is 0 Å². The van der Waals surface area contributed by atoms with Crippen LogP contribution in [0.4, 0.5) is 0 Å². The summed E-state index contributed by atoms with van der Waals surface area (Å²) in [5, 5.41) is 0. The van der Waals surface area contributed by atoms with Crippen LogP contribution in [0.15, 0.2) is 48.5 Å². The molecule has 0 radical (unpaired) electrons. The predicted molar refractivity (Wildman–Crippen MR) is 82.8 cm³/mol. The fraction of sp³-hybridized carbons (Fsp3) is 0.278. The lowest BCUT2D eigenvalue weighted by molar-refractivity contribution is -0.107. The summed E-state index contributed by atoms with van der Waals surface area (Å²) < 4.78 is 11.6. The third-order valence-corrected chi connectivity index (χ3v) is 3.12. The molecule has 0 spiro atoms. The molecule has 0 fully saturated rings. The molecule has 0 atom stereocenters. The molecule has 2 rings (SSSR count). The molecule has 110 valence electrons. The van der Waals surface area contributed by atoms with Crippen molar-refractivity contribution in [1.29, 1.82) is 0 Å². The molecule has 2 aromatic rings. The SMILES string of the molecule is CCOc1cccc(CCC=O)c1OCc1ccccc1. The van der Waals surface area contributed by atoms with Crippen LogP contribution in [0.1, 0.15) is 24.5 Å². The normalized spacial score (nSPS) is 10.1. The lowest BCUT2D eigenvalue weighted by Gasteiger charge is -2.15. The highest BCUT2D eigenvalue weighted by atomic mass is 16.5. The largest absolute Gasteiger partial charge is 0.490 e. The summed E-state index contributed by atoms with van der Waals surface area (Å²) in [6.45, 7) is 3.01. The monoisotopic (exact) mass is 284 g/mol. The standard InChI is InChI=1S/C18H20O3/c1-2-20-17-12-6-10-16(11-7-13-19)18(17)21-14-15-8-4-3-5-9-15/h3-6,8-10,12-13H,2,7,11,14H2,1H3. The van der Waals surface area contributed by atoms with Crippen LogP contribution < -0.4 is 9.47 Å².